The average molecular weight is 185 g/mol. The average Bonchev–Trinajstić information content (AvgIpc) is 2.18. The SMILES string of the molecule is C/C(=C\C=C/C=N)c1ccccc1C. The van der Waals surface area contributed by atoms with Crippen LogP contribution in [-0.2, 0) is 0 Å². The molecule has 1 N–H and O–H groups in total. The lowest BCUT2D eigenvalue weighted by molar-refractivity contribution is 1.41. The molecule has 0 aliphatic heterocycles. The zero-order chi connectivity index (χ0) is 10.4. The molecule has 0 atom stereocenters. The van der Waals surface area contributed by atoms with Crippen LogP contribution in [0.4, 0.5) is 0 Å². The largest absolute Gasteiger partial charge is 0.309 e. The Kier molecular flexibility index (Phi) is 3.86. The molecule has 0 heterocycles. The monoisotopic (exact) mass is 185 g/mol. The smallest absolute Gasteiger partial charge is 0.0177 e. The van der Waals surface area contributed by atoms with Gasteiger partial charge in [0.2, 0.25) is 0 Å². The lowest BCUT2D eigenvalue weighted by Crippen LogP contribution is -1.83. The zero-order valence-corrected chi connectivity index (χ0v) is 8.62. The summed E-state index contributed by atoms with van der Waals surface area (Å²) in [6.45, 7) is 4.18. The van der Waals surface area contributed by atoms with E-state index in [0.717, 1.165) is 0 Å². The van der Waals surface area contributed by atoms with E-state index in [1.54, 1.807) is 6.08 Å². The highest BCUT2D eigenvalue weighted by Crippen LogP contribution is 2.17. The van der Waals surface area contributed by atoms with Crippen molar-refractivity contribution in [2.24, 2.45) is 0 Å². The minimum Gasteiger partial charge on any atom is -0.309 e. The van der Waals surface area contributed by atoms with E-state index in [1.165, 1.54) is 22.9 Å². The van der Waals surface area contributed by atoms with E-state index < -0.39 is 0 Å². The number of aryl methyl sites for hydroxylation is 1. The zero-order valence-electron chi connectivity index (χ0n) is 8.62. The lowest BCUT2D eigenvalue weighted by atomic mass is 10.0. The van der Waals surface area contributed by atoms with Crippen LogP contribution in [0.25, 0.3) is 5.57 Å². The predicted molar refractivity (Wildman–Crippen MR) is 62.8 cm³/mol. The Morgan fingerprint density at radius 1 is 1.21 bits per heavy atom. The van der Waals surface area contributed by atoms with Gasteiger partial charge in [0.15, 0.2) is 0 Å². The number of nitrogens with one attached hydrogen (secondary N) is 1. The Morgan fingerprint density at radius 3 is 2.57 bits per heavy atom. The van der Waals surface area contributed by atoms with Crippen molar-refractivity contribution in [2.75, 3.05) is 0 Å². The van der Waals surface area contributed by atoms with E-state index in [1.807, 2.05) is 24.3 Å². The number of rotatable bonds is 3. The molecule has 0 spiro atoms. The van der Waals surface area contributed by atoms with Crippen molar-refractivity contribution in [3.8, 4) is 0 Å². The van der Waals surface area contributed by atoms with E-state index in [4.69, 9.17) is 5.41 Å². The van der Waals surface area contributed by atoms with Crippen molar-refractivity contribution < 1.29 is 0 Å². The standard InChI is InChI=1S/C13H15N/c1-11-7-3-4-9-13(11)12(2)8-5-6-10-14/h3-10,14H,1-2H3/b6-5-,12-8+,14-10?. The van der Waals surface area contributed by atoms with Crippen molar-refractivity contribution >= 4 is 11.8 Å². The Morgan fingerprint density at radius 2 is 1.93 bits per heavy atom. The van der Waals surface area contributed by atoms with Crippen LogP contribution < -0.4 is 0 Å². The fourth-order valence-corrected chi connectivity index (χ4v) is 1.36. The summed E-state index contributed by atoms with van der Waals surface area (Å²) in [4.78, 5) is 0. The molecule has 0 aliphatic carbocycles. The van der Waals surface area contributed by atoms with Gasteiger partial charge in [-0.3, -0.25) is 0 Å². The molecular weight excluding hydrogens is 170 g/mol. The summed E-state index contributed by atoms with van der Waals surface area (Å²) in [5.41, 5.74) is 3.77. The van der Waals surface area contributed by atoms with Crippen molar-refractivity contribution in [3.05, 3.63) is 53.6 Å². The van der Waals surface area contributed by atoms with Gasteiger partial charge in [-0.05, 0) is 36.6 Å². The van der Waals surface area contributed by atoms with Crippen LogP contribution >= 0.6 is 0 Å². The summed E-state index contributed by atoms with van der Waals surface area (Å²) in [6, 6.07) is 8.30. The topological polar surface area (TPSA) is 23.9 Å². The highest BCUT2D eigenvalue weighted by molar-refractivity contribution is 5.71. The van der Waals surface area contributed by atoms with E-state index in [-0.39, 0.29) is 0 Å². The molecule has 0 unspecified atom stereocenters. The lowest BCUT2D eigenvalue weighted by Gasteiger charge is -2.04. The van der Waals surface area contributed by atoms with Crippen molar-refractivity contribution in [1.29, 1.82) is 5.41 Å². The third kappa shape index (κ3) is 2.70. The van der Waals surface area contributed by atoms with Crippen LogP contribution in [0.2, 0.25) is 0 Å². The van der Waals surface area contributed by atoms with Crippen LogP contribution in [0.15, 0.2) is 42.5 Å². The highest BCUT2D eigenvalue weighted by atomic mass is 14.3. The van der Waals surface area contributed by atoms with Crippen LogP contribution in [-0.4, -0.2) is 6.21 Å². The van der Waals surface area contributed by atoms with Crippen molar-refractivity contribution in [3.63, 3.8) is 0 Å². The Bertz CT molecular complexity index is 373. The van der Waals surface area contributed by atoms with Crippen molar-refractivity contribution in [1.82, 2.24) is 0 Å². The Labute approximate surface area is 85.3 Å². The molecule has 0 aromatic heterocycles. The first-order chi connectivity index (χ1) is 6.75. The molecule has 14 heavy (non-hydrogen) atoms. The molecule has 0 saturated heterocycles. The Balaban J connectivity index is 2.94. The van der Waals surface area contributed by atoms with Gasteiger partial charge in [-0.15, -0.1) is 0 Å². The summed E-state index contributed by atoms with van der Waals surface area (Å²) in [5.74, 6) is 0. The van der Waals surface area contributed by atoms with Gasteiger partial charge in [-0.25, -0.2) is 0 Å². The minimum absolute atomic E-state index is 1.22. The van der Waals surface area contributed by atoms with E-state index in [9.17, 15) is 0 Å². The molecule has 0 radical (unpaired) electrons. The molecular formula is C13H15N. The summed E-state index contributed by atoms with van der Waals surface area (Å²) in [6.07, 6.45) is 6.89. The van der Waals surface area contributed by atoms with Gasteiger partial charge in [0, 0.05) is 6.21 Å². The Hall–Kier alpha value is -1.63. The summed E-state index contributed by atoms with van der Waals surface area (Å²) < 4.78 is 0. The van der Waals surface area contributed by atoms with Crippen LogP contribution in [0, 0.1) is 12.3 Å². The molecule has 0 saturated carbocycles. The molecule has 1 aromatic carbocycles. The molecule has 0 amide bonds. The number of hydrogen-bond acceptors (Lipinski definition) is 1. The molecule has 1 aromatic rings. The second-order valence-electron chi connectivity index (χ2n) is 3.22. The predicted octanol–water partition coefficient (Wildman–Crippen LogP) is 3.60. The highest BCUT2D eigenvalue weighted by Gasteiger charge is 1.96. The van der Waals surface area contributed by atoms with E-state index in [0.29, 0.717) is 0 Å². The number of benzene rings is 1. The maximum Gasteiger partial charge on any atom is 0.0177 e. The van der Waals surface area contributed by atoms with Crippen molar-refractivity contribution in [2.45, 2.75) is 13.8 Å². The molecule has 0 fully saturated rings. The molecule has 0 bridgehead atoms. The van der Waals surface area contributed by atoms with Gasteiger partial charge in [0.05, 0.1) is 0 Å². The molecule has 72 valence electrons. The number of hydrogen-bond donors (Lipinski definition) is 1. The second-order valence-corrected chi connectivity index (χ2v) is 3.22. The summed E-state index contributed by atoms with van der Waals surface area (Å²) in [7, 11) is 0. The third-order valence-corrected chi connectivity index (χ3v) is 2.12. The summed E-state index contributed by atoms with van der Waals surface area (Å²) >= 11 is 0. The van der Waals surface area contributed by atoms with Gasteiger partial charge in [0.1, 0.15) is 0 Å². The fourth-order valence-electron chi connectivity index (χ4n) is 1.36. The van der Waals surface area contributed by atoms with Crippen LogP contribution in [0.3, 0.4) is 0 Å². The van der Waals surface area contributed by atoms with Crippen LogP contribution in [0.5, 0.6) is 0 Å². The molecule has 0 aliphatic rings. The maximum atomic E-state index is 6.85. The third-order valence-electron chi connectivity index (χ3n) is 2.12. The molecule has 1 heteroatoms. The number of allylic oxidation sites excluding steroid dienone is 4. The normalized spacial score (nSPS) is 12.0. The van der Waals surface area contributed by atoms with Gasteiger partial charge >= 0.3 is 0 Å². The van der Waals surface area contributed by atoms with Gasteiger partial charge < -0.3 is 5.41 Å². The first-order valence-electron chi connectivity index (χ1n) is 4.65. The van der Waals surface area contributed by atoms with E-state index >= 15 is 0 Å². The fraction of sp³-hybridized carbons (Fsp3) is 0.154. The summed E-state index contributed by atoms with van der Waals surface area (Å²) in [5, 5.41) is 6.85. The van der Waals surface area contributed by atoms with Gasteiger partial charge in [-0.1, -0.05) is 36.4 Å². The maximum absolute atomic E-state index is 6.85. The first kappa shape index (κ1) is 10.5. The van der Waals surface area contributed by atoms with Gasteiger partial charge in [-0.2, -0.15) is 0 Å². The quantitative estimate of drug-likeness (QED) is 0.549. The molecule has 1 nitrogen and oxygen atoms in total. The molecule has 1 rings (SSSR count). The minimum atomic E-state index is 1.22. The van der Waals surface area contributed by atoms with E-state index in [2.05, 4.69) is 26.0 Å². The second kappa shape index (κ2) is 5.18. The first-order valence-corrected chi connectivity index (χ1v) is 4.65. The van der Waals surface area contributed by atoms with Gasteiger partial charge in [0.25, 0.3) is 0 Å². The van der Waals surface area contributed by atoms with Crippen LogP contribution in [0.1, 0.15) is 18.1 Å².